The maximum Gasteiger partial charge on any atom is 0.256 e. The quantitative estimate of drug-likeness (QED) is 0.797. The van der Waals surface area contributed by atoms with E-state index in [4.69, 9.17) is 9.47 Å². The first-order valence-electron chi connectivity index (χ1n) is 7.78. The molecule has 0 spiro atoms. The van der Waals surface area contributed by atoms with Crippen molar-refractivity contribution in [3.63, 3.8) is 0 Å². The summed E-state index contributed by atoms with van der Waals surface area (Å²) in [6.07, 6.45) is 3.20. The topological polar surface area (TPSA) is 60.5 Å². The van der Waals surface area contributed by atoms with E-state index in [1.165, 1.54) is 0 Å². The van der Waals surface area contributed by atoms with E-state index in [2.05, 4.69) is 24.1 Å². The summed E-state index contributed by atoms with van der Waals surface area (Å²) >= 11 is 0. The Hall–Kier alpha value is -1.62. The Balaban J connectivity index is 2.81. The van der Waals surface area contributed by atoms with Gasteiger partial charge in [-0.05, 0) is 38.7 Å². The number of pyridine rings is 1. The number of hydrogen-bond acceptors (Lipinski definition) is 4. The van der Waals surface area contributed by atoms with Crippen LogP contribution in [-0.2, 0) is 9.53 Å². The molecule has 0 aliphatic heterocycles. The Morgan fingerprint density at radius 3 is 2.64 bits per heavy atom. The molecule has 0 saturated heterocycles. The zero-order valence-corrected chi connectivity index (χ0v) is 14.5. The average molecular weight is 308 g/mol. The number of nitrogens with one attached hydrogen (secondary N) is 1. The van der Waals surface area contributed by atoms with Crippen molar-refractivity contribution < 1.29 is 14.3 Å². The largest absolute Gasteiger partial charge is 0.477 e. The number of rotatable bonds is 8. The fraction of sp³-hybridized carbons (Fsp3) is 0.647. The van der Waals surface area contributed by atoms with Gasteiger partial charge in [-0.3, -0.25) is 4.79 Å². The highest BCUT2D eigenvalue weighted by Gasteiger charge is 2.34. The van der Waals surface area contributed by atoms with E-state index >= 15 is 0 Å². The highest BCUT2D eigenvalue weighted by atomic mass is 16.5. The molecule has 1 aromatic rings. The van der Waals surface area contributed by atoms with Gasteiger partial charge in [0.25, 0.3) is 5.91 Å². The van der Waals surface area contributed by atoms with Crippen LogP contribution in [0.25, 0.3) is 0 Å². The Bertz CT molecular complexity index is 503. The van der Waals surface area contributed by atoms with Crippen molar-refractivity contribution in [3.8, 4) is 5.88 Å². The SMILES string of the molecule is CCCOc1ncc(NC(=O)C(C)(CC(C)C)OC)cc1C. The number of amides is 1. The average Bonchev–Trinajstić information content (AvgIpc) is 2.45. The second kappa shape index (κ2) is 8.13. The molecule has 1 unspecified atom stereocenters. The molecule has 1 N–H and O–H groups in total. The van der Waals surface area contributed by atoms with E-state index in [0.717, 1.165) is 12.0 Å². The number of aromatic nitrogens is 1. The smallest absolute Gasteiger partial charge is 0.256 e. The number of anilines is 1. The lowest BCUT2D eigenvalue weighted by atomic mass is 9.93. The molecule has 0 aliphatic carbocycles. The van der Waals surface area contributed by atoms with Crippen molar-refractivity contribution in [2.24, 2.45) is 5.92 Å². The van der Waals surface area contributed by atoms with Gasteiger partial charge in [0, 0.05) is 12.7 Å². The molecule has 22 heavy (non-hydrogen) atoms. The van der Waals surface area contributed by atoms with Gasteiger partial charge in [0.15, 0.2) is 0 Å². The van der Waals surface area contributed by atoms with E-state index in [1.54, 1.807) is 20.2 Å². The fourth-order valence-corrected chi connectivity index (χ4v) is 2.29. The molecule has 0 radical (unpaired) electrons. The summed E-state index contributed by atoms with van der Waals surface area (Å²) in [5.41, 5.74) is 0.701. The van der Waals surface area contributed by atoms with Gasteiger partial charge in [-0.25, -0.2) is 4.98 Å². The Morgan fingerprint density at radius 2 is 2.14 bits per heavy atom. The van der Waals surface area contributed by atoms with E-state index in [9.17, 15) is 4.79 Å². The minimum Gasteiger partial charge on any atom is -0.477 e. The predicted octanol–water partition coefficient (Wildman–Crippen LogP) is 3.57. The summed E-state index contributed by atoms with van der Waals surface area (Å²) in [6, 6.07) is 1.86. The first-order chi connectivity index (χ1) is 10.3. The summed E-state index contributed by atoms with van der Waals surface area (Å²) in [5, 5.41) is 2.88. The number of aryl methyl sites for hydroxylation is 1. The summed E-state index contributed by atoms with van der Waals surface area (Å²) in [5.74, 6) is 0.809. The molecule has 1 aromatic heterocycles. The molecule has 5 nitrogen and oxygen atoms in total. The third-order valence-electron chi connectivity index (χ3n) is 3.46. The fourth-order valence-electron chi connectivity index (χ4n) is 2.29. The molecule has 1 heterocycles. The van der Waals surface area contributed by atoms with Crippen LogP contribution in [0.15, 0.2) is 12.3 Å². The first-order valence-corrected chi connectivity index (χ1v) is 7.78. The lowest BCUT2D eigenvalue weighted by molar-refractivity contribution is -0.137. The monoisotopic (exact) mass is 308 g/mol. The van der Waals surface area contributed by atoms with Crippen molar-refractivity contribution in [1.82, 2.24) is 4.98 Å². The molecule has 1 rings (SSSR count). The van der Waals surface area contributed by atoms with Gasteiger partial charge >= 0.3 is 0 Å². The van der Waals surface area contributed by atoms with Gasteiger partial charge < -0.3 is 14.8 Å². The van der Waals surface area contributed by atoms with Gasteiger partial charge in [0.05, 0.1) is 18.5 Å². The first kappa shape index (κ1) is 18.4. The van der Waals surface area contributed by atoms with Gasteiger partial charge in [-0.15, -0.1) is 0 Å². The van der Waals surface area contributed by atoms with Crippen LogP contribution >= 0.6 is 0 Å². The number of methoxy groups -OCH3 is 1. The molecule has 0 fully saturated rings. The molecule has 124 valence electrons. The molecule has 0 aromatic carbocycles. The Labute approximate surface area is 133 Å². The van der Waals surface area contributed by atoms with Crippen LogP contribution in [0.5, 0.6) is 5.88 Å². The number of hydrogen-bond donors (Lipinski definition) is 1. The third kappa shape index (κ3) is 4.98. The van der Waals surface area contributed by atoms with Crippen molar-refractivity contribution in [1.29, 1.82) is 0 Å². The number of carbonyl (C=O) groups is 1. The minimum atomic E-state index is -0.848. The van der Waals surface area contributed by atoms with Crippen LogP contribution in [0.4, 0.5) is 5.69 Å². The van der Waals surface area contributed by atoms with Crippen LogP contribution in [0, 0.1) is 12.8 Å². The van der Waals surface area contributed by atoms with E-state index < -0.39 is 5.60 Å². The standard InChI is InChI=1S/C17H28N2O3/c1-7-8-22-15-13(4)9-14(11-18-15)19-16(20)17(5,21-6)10-12(2)3/h9,11-12H,7-8,10H2,1-6H3,(H,19,20). The zero-order valence-electron chi connectivity index (χ0n) is 14.5. The second-order valence-corrected chi connectivity index (χ2v) is 6.18. The van der Waals surface area contributed by atoms with E-state index in [0.29, 0.717) is 30.5 Å². The van der Waals surface area contributed by atoms with Crippen LogP contribution in [0.3, 0.4) is 0 Å². The molecular formula is C17H28N2O3. The maximum absolute atomic E-state index is 12.5. The molecule has 1 amide bonds. The van der Waals surface area contributed by atoms with Gasteiger partial charge in [0.2, 0.25) is 5.88 Å². The molecule has 1 atom stereocenters. The van der Waals surface area contributed by atoms with Crippen LogP contribution in [-0.4, -0.2) is 30.2 Å². The van der Waals surface area contributed by atoms with Crippen LogP contribution in [0.1, 0.15) is 46.1 Å². The van der Waals surface area contributed by atoms with Crippen LogP contribution < -0.4 is 10.1 Å². The molecule has 0 bridgehead atoms. The highest BCUT2D eigenvalue weighted by molar-refractivity contribution is 5.97. The number of nitrogens with zero attached hydrogens (tertiary/aromatic N) is 1. The lowest BCUT2D eigenvalue weighted by Crippen LogP contribution is -2.43. The molecular weight excluding hydrogens is 280 g/mol. The van der Waals surface area contributed by atoms with Crippen molar-refractivity contribution in [2.45, 2.75) is 53.1 Å². The summed E-state index contributed by atoms with van der Waals surface area (Å²) in [6.45, 7) is 10.5. The summed E-state index contributed by atoms with van der Waals surface area (Å²) in [4.78, 5) is 16.7. The van der Waals surface area contributed by atoms with Crippen molar-refractivity contribution in [2.75, 3.05) is 19.0 Å². The number of ether oxygens (including phenoxy) is 2. The van der Waals surface area contributed by atoms with Crippen molar-refractivity contribution >= 4 is 11.6 Å². The van der Waals surface area contributed by atoms with Gasteiger partial charge in [-0.2, -0.15) is 0 Å². The minimum absolute atomic E-state index is 0.160. The zero-order chi connectivity index (χ0) is 16.8. The van der Waals surface area contributed by atoms with E-state index in [1.807, 2.05) is 19.9 Å². The maximum atomic E-state index is 12.5. The molecule has 0 saturated carbocycles. The van der Waals surface area contributed by atoms with Gasteiger partial charge in [-0.1, -0.05) is 20.8 Å². The molecule has 5 heteroatoms. The molecule has 0 aliphatic rings. The highest BCUT2D eigenvalue weighted by Crippen LogP contribution is 2.24. The van der Waals surface area contributed by atoms with Crippen molar-refractivity contribution in [3.05, 3.63) is 17.8 Å². The van der Waals surface area contributed by atoms with Gasteiger partial charge in [0.1, 0.15) is 5.60 Å². The predicted molar refractivity (Wildman–Crippen MR) is 88.3 cm³/mol. The third-order valence-corrected chi connectivity index (χ3v) is 3.46. The number of carbonyl (C=O) groups excluding carboxylic acids is 1. The Kier molecular flexibility index (Phi) is 6.81. The Morgan fingerprint density at radius 1 is 1.45 bits per heavy atom. The lowest BCUT2D eigenvalue weighted by Gasteiger charge is -2.28. The summed E-state index contributed by atoms with van der Waals surface area (Å²) < 4.78 is 11.0. The second-order valence-electron chi connectivity index (χ2n) is 6.18. The normalized spacial score (nSPS) is 13.8. The van der Waals surface area contributed by atoms with E-state index in [-0.39, 0.29) is 5.91 Å². The summed E-state index contributed by atoms with van der Waals surface area (Å²) in [7, 11) is 1.56. The van der Waals surface area contributed by atoms with Crippen LogP contribution in [0.2, 0.25) is 0 Å².